The molecule has 13 heavy (non-hydrogen) atoms. The summed E-state index contributed by atoms with van der Waals surface area (Å²) in [6.45, 7) is 0. The molecule has 2 rings (SSSR count). The van der Waals surface area contributed by atoms with Gasteiger partial charge < -0.3 is 0 Å². The molecule has 1 aromatic heterocycles. The molecule has 1 aromatic carbocycles. The van der Waals surface area contributed by atoms with Gasteiger partial charge in [-0.1, -0.05) is 40.2 Å². The van der Waals surface area contributed by atoms with Crippen molar-refractivity contribution in [3.05, 3.63) is 42.2 Å². The number of rotatable bonds is 2. The van der Waals surface area contributed by atoms with Crippen LogP contribution < -0.4 is 0 Å². The van der Waals surface area contributed by atoms with Crippen molar-refractivity contribution in [3.63, 3.8) is 0 Å². The van der Waals surface area contributed by atoms with Crippen LogP contribution in [0, 0.1) is 0 Å². The molecule has 1 nitrogen and oxygen atoms in total. The lowest BCUT2D eigenvalue weighted by Crippen LogP contribution is -1.91. The number of aromatic nitrogens is 1. The van der Waals surface area contributed by atoms with Crippen LogP contribution in [0.5, 0.6) is 0 Å². The Balaban J connectivity index is 2.61. The standard InChI is InChI=1S/C11H10BrN/c12-7-5-11-10-4-2-1-3-9(10)6-8-13-11/h1-4,6,8H,5,7H2. The van der Waals surface area contributed by atoms with E-state index in [2.05, 4.69) is 45.2 Å². The van der Waals surface area contributed by atoms with Crippen LogP contribution >= 0.6 is 15.9 Å². The predicted octanol–water partition coefficient (Wildman–Crippen LogP) is 3.17. The minimum atomic E-state index is 0.966. The van der Waals surface area contributed by atoms with E-state index in [0.717, 1.165) is 11.8 Å². The van der Waals surface area contributed by atoms with E-state index in [1.54, 1.807) is 0 Å². The smallest absolute Gasteiger partial charge is 0.0490 e. The van der Waals surface area contributed by atoms with Crippen LogP contribution in [-0.4, -0.2) is 10.3 Å². The second-order valence-corrected chi connectivity index (χ2v) is 3.71. The molecule has 0 saturated carbocycles. The summed E-state index contributed by atoms with van der Waals surface area (Å²) in [7, 11) is 0. The van der Waals surface area contributed by atoms with Crippen LogP contribution in [-0.2, 0) is 6.42 Å². The van der Waals surface area contributed by atoms with E-state index >= 15 is 0 Å². The van der Waals surface area contributed by atoms with Gasteiger partial charge in [-0.3, -0.25) is 4.98 Å². The van der Waals surface area contributed by atoms with Gasteiger partial charge in [0.15, 0.2) is 0 Å². The molecule has 0 fully saturated rings. The molecule has 2 aromatic rings. The number of halogens is 1. The molecule has 0 unspecified atom stereocenters. The number of fused-ring (bicyclic) bond motifs is 1. The summed E-state index contributed by atoms with van der Waals surface area (Å²) in [4.78, 5) is 4.37. The van der Waals surface area contributed by atoms with Crippen LogP contribution in [0.25, 0.3) is 10.8 Å². The van der Waals surface area contributed by atoms with Gasteiger partial charge in [0.25, 0.3) is 0 Å². The lowest BCUT2D eigenvalue weighted by molar-refractivity contribution is 1.08. The van der Waals surface area contributed by atoms with Gasteiger partial charge in [-0.05, 0) is 17.9 Å². The Hall–Kier alpha value is -0.890. The number of benzene rings is 1. The van der Waals surface area contributed by atoms with E-state index in [4.69, 9.17) is 0 Å². The van der Waals surface area contributed by atoms with Crippen molar-refractivity contribution in [2.45, 2.75) is 6.42 Å². The maximum absolute atomic E-state index is 4.37. The maximum Gasteiger partial charge on any atom is 0.0490 e. The van der Waals surface area contributed by atoms with Crippen molar-refractivity contribution in [2.24, 2.45) is 0 Å². The normalized spacial score (nSPS) is 10.5. The zero-order valence-corrected chi connectivity index (χ0v) is 8.79. The third-order valence-electron chi connectivity index (χ3n) is 2.09. The second kappa shape index (κ2) is 3.88. The average molecular weight is 236 g/mol. The quantitative estimate of drug-likeness (QED) is 0.730. The Morgan fingerprint density at radius 1 is 1.15 bits per heavy atom. The Morgan fingerprint density at radius 3 is 2.85 bits per heavy atom. The first-order valence-corrected chi connectivity index (χ1v) is 5.42. The third kappa shape index (κ3) is 1.73. The Kier molecular flexibility index (Phi) is 2.60. The maximum atomic E-state index is 4.37. The van der Waals surface area contributed by atoms with Crippen LogP contribution in [0.1, 0.15) is 5.69 Å². The van der Waals surface area contributed by atoms with Crippen molar-refractivity contribution in [1.82, 2.24) is 4.98 Å². The molecule has 0 saturated heterocycles. The fraction of sp³-hybridized carbons (Fsp3) is 0.182. The highest BCUT2D eigenvalue weighted by Gasteiger charge is 1.99. The summed E-state index contributed by atoms with van der Waals surface area (Å²) in [6, 6.07) is 10.4. The second-order valence-electron chi connectivity index (χ2n) is 2.92. The summed E-state index contributed by atoms with van der Waals surface area (Å²) in [5.41, 5.74) is 1.18. The molecule has 0 radical (unpaired) electrons. The van der Waals surface area contributed by atoms with Gasteiger partial charge in [-0.15, -0.1) is 0 Å². The largest absolute Gasteiger partial charge is 0.261 e. The fourth-order valence-electron chi connectivity index (χ4n) is 1.47. The Labute approximate surface area is 85.9 Å². The van der Waals surface area contributed by atoms with E-state index in [1.807, 2.05) is 12.3 Å². The topological polar surface area (TPSA) is 12.9 Å². The van der Waals surface area contributed by atoms with Crippen LogP contribution in [0.4, 0.5) is 0 Å². The summed E-state index contributed by atoms with van der Waals surface area (Å²) >= 11 is 3.43. The number of hydrogen-bond donors (Lipinski definition) is 0. The van der Waals surface area contributed by atoms with Gasteiger partial charge in [0.05, 0.1) is 0 Å². The minimum Gasteiger partial charge on any atom is -0.261 e. The van der Waals surface area contributed by atoms with Gasteiger partial charge in [-0.25, -0.2) is 0 Å². The molecule has 0 spiro atoms. The first-order chi connectivity index (χ1) is 6.42. The molecule has 2 heteroatoms. The van der Waals surface area contributed by atoms with Crippen LogP contribution in [0.2, 0.25) is 0 Å². The number of pyridine rings is 1. The first-order valence-electron chi connectivity index (χ1n) is 4.30. The van der Waals surface area contributed by atoms with Gasteiger partial charge in [-0.2, -0.15) is 0 Å². The zero-order chi connectivity index (χ0) is 9.10. The zero-order valence-electron chi connectivity index (χ0n) is 7.20. The third-order valence-corrected chi connectivity index (χ3v) is 2.48. The van der Waals surface area contributed by atoms with Gasteiger partial charge in [0, 0.05) is 22.6 Å². The van der Waals surface area contributed by atoms with Crippen molar-refractivity contribution < 1.29 is 0 Å². The summed E-state index contributed by atoms with van der Waals surface area (Å²) in [5, 5.41) is 3.51. The SMILES string of the molecule is BrCCc1nccc2ccccc12. The van der Waals surface area contributed by atoms with Gasteiger partial charge in [0.1, 0.15) is 0 Å². The molecule has 1 heterocycles. The lowest BCUT2D eigenvalue weighted by Gasteiger charge is -2.02. The molecule has 66 valence electrons. The molecule has 0 bridgehead atoms. The van der Waals surface area contributed by atoms with E-state index in [-0.39, 0.29) is 0 Å². The number of hydrogen-bond acceptors (Lipinski definition) is 1. The van der Waals surface area contributed by atoms with E-state index in [9.17, 15) is 0 Å². The predicted molar refractivity (Wildman–Crippen MR) is 59.2 cm³/mol. The van der Waals surface area contributed by atoms with Crippen molar-refractivity contribution >= 4 is 26.7 Å². The van der Waals surface area contributed by atoms with Crippen LogP contribution in [0.15, 0.2) is 36.5 Å². The molecule has 0 aliphatic rings. The molecule has 0 amide bonds. The fourth-order valence-corrected chi connectivity index (χ4v) is 1.85. The summed E-state index contributed by atoms with van der Waals surface area (Å²) < 4.78 is 0. The monoisotopic (exact) mass is 235 g/mol. The number of aryl methyl sites for hydroxylation is 1. The molecule has 0 aliphatic carbocycles. The van der Waals surface area contributed by atoms with E-state index < -0.39 is 0 Å². The highest BCUT2D eigenvalue weighted by Crippen LogP contribution is 2.16. The highest BCUT2D eigenvalue weighted by atomic mass is 79.9. The van der Waals surface area contributed by atoms with E-state index in [0.29, 0.717) is 0 Å². The van der Waals surface area contributed by atoms with Crippen molar-refractivity contribution in [2.75, 3.05) is 5.33 Å². The molecule has 0 aliphatic heterocycles. The molecule has 0 N–H and O–H groups in total. The van der Waals surface area contributed by atoms with Gasteiger partial charge in [0.2, 0.25) is 0 Å². The van der Waals surface area contributed by atoms with E-state index in [1.165, 1.54) is 16.5 Å². The molecular formula is C11H10BrN. The number of alkyl halides is 1. The average Bonchev–Trinajstić information content (AvgIpc) is 2.19. The Bertz CT molecular complexity index is 406. The summed E-state index contributed by atoms with van der Waals surface area (Å²) in [5.74, 6) is 0. The first kappa shape index (κ1) is 8.70. The number of nitrogens with zero attached hydrogens (tertiary/aromatic N) is 1. The highest BCUT2D eigenvalue weighted by molar-refractivity contribution is 9.09. The summed E-state index contributed by atoms with van der Waals surface area (Å²) in [6.07, 6.45) is 2.86. The molecule has 0 atom stereocenters. The van der Waals surface area contributed by atoms with Crippen molar-refractivity contribution in [3.8, 4) is 0 Å². The lowest BCUT2D eigenvalue weighted by atomic mass is 10.1. The Morgan fingerprint density at radius 2 is 2.00 bits per heavy atom. The molecular weight excluding hydrogens is 226 g/mol. The van der Waals surface area contributed by atoms with Gasteiger partial charge >= 0.3 is 0 Å². The minimum absolute atomic E-state index is 0.966. The van der Waals surface area contributed by atoms with Crippen molar-refractivity contribution in [1.29, 1.82) is 0 Å². The van der Waals surface area contributed by atoms with Crippen LogP contribution in [0.3, 0.4) is 0 Å².